The van der Waals surface area contributed by atoms with Gasteiger partial charge in [-0.15, -0.1) is 11.8 Å². The fourth-order valence-electron chi connectivity index (χ4n) is 6.13. The minimum atomic E-state index is -1.46. The highest BCUT2D eigenvalue weighted by atomic mass is 32.2. The molecule has 6 atom stereocenters. The molecule has 10 nitrogen and oxygen atoms in total. The molecule has 262 valence electrons. The lowest BCUT2D eigenvalue weighted by Gasteiger charge is -2.44. The third-order valence-corrected chi connectivity index (χ3v) is 10.4. The molecule has 0 spiro atoms. The zero-order valence-corrected chi connectivity index (χ0v) is 28.9. The van der Waals surface area contributed by atoms with E-state index in [9.17, 15) is 29.7 Å². The number of thioether (sulfide) groups is 1. The number of cyclic esters (lactones) is 1. The Bertz CT molecular complexity index is 836. The van der Waals surface area contributed by atoms with Crippen molar-refractivity contribution >= 4 is 29.7 Å². The van der Waals surface area contributed by atoms with Crippen LogP contribution in [0.2, 0.25) is 0 Å². The van der Waals surface area contributed by atoms with Crippen molar-refractivity contribution in [1.29, 1.82) is 0 Å². The van der Waals surface area contributed by atoms with Gasteiger partial charge in [0.15, 0.2) is 0 Å². The van der Waals surface area contributed by atoms with Gasteiger partial charge in [0, 0.05) is 18.7 Å². The van der Waals surface area contributed by atoms with E-state index >= 15 is 0 Å². The van der Waals surface area contributed by atoms with Gasteiger partial charge in [-0.2, -0.15) is 0 Å². The van der Waals surface area contributed by atoms with Gasteiger partial charge < -0.3 is 30.7 Å². The Hall–Kier alpha value is -1.56. The highest BCUT2D eigenvalue weighted by Crippen LogP contribution is 2.35. The molecule has 2 heterocycles. The van der Waals surface area contributed by atoms with Crippen molar-refractivity contribution in [2.75, 3.05) is 18.9 Å². The molecular formula is C34H63N3O7S. The van der Waals surface area contributed by atoms with Gasteiger partial charge in [-0.25, -0.2) is 4.79 Å². The molecule has 3 unspecified atom stereocenters. The lowest BCUT2D eigenvalue weighted by molar-refractivity contribution is -0.128. The highest BCUT2D eigenvalue weighted by molar-refractivity contribution is 8.00. The minimum Gasteiger partial charge on any atom is -0.447 e. The number of carbonyl (C=O) groups is 3. The molecule has 5 N–H and O–H groups in total. The maximum atomic E-state index is 13.2. The number of fused-ring (bicyclic) bond motifs is 1. The molecule has 2 fully saturated rings. The standard InChI is InChI=1S/C34H63N3O7S/c1-3-5-7-9-11-13-15-17-19-21-23-35-32(42)26(36-28(38)22-20-18-16-14-12-10-8-6-4-2)25-45-33-31(41)30(40)29(39)27-24-44-34(43)37(27)33/h26-27,29-31,33,39-41H,3-25H2,1-2H3,(H,35,42)(H,36,38)/t26-,27?,29-,30?,31?,33+/m0/s1. The fraction of sp³-hybridized carbons (Fsp3) is 0.912. The van der Waals surface area contributed by atoms with Crippen LogP contribution in [-0.4, -0.2) is 92.8 Å². The lowest BCUT2D eigenvalue weighted by Crippen LogP contribution is -2.64. The number of aliphatic hydroxyl groups excluding tert-OH is 3. The van der Waals surface area contributed by atoms with Crippen LogP contribution in [0, 0.1) is 0 Å². The van der Waals surface area contributed by atoms with Gasteiger partial charge in [-0.05, 0) is 12.8 Å². The third-order valence-electron chi connectivity index (χ3n) is 9.03. The molecule has 2 rings (SSSR count). The fourth-order valence-corrected chi connectivity index (χ4v) is 7.52. The smallest absolute Gasteiger partial charge is 0.411 e. The molecule has 3 amide bonds. The van der Waals surface area contributed by atoms with E-state index in [-0.39, 0.29) is 24.2 Å². The number of unbranched alkanes of at least 4 members (excludes halogenated alkanes) is 17. The zero-order chi connectivity index (χ0) is 32.9. The summed E-state index contributed by atoms with van der Waals surface area (Å²) >= 11 is 1.10. The summed E-state index contributed by atoms with van der Waals surface area (Å²) in [4.78, 5) is 39.7. The van der Waals surface area contributed by atoms with E-state index in [0.29, 0.717) is 13.0 Å². The van der Waals surface area contributed by atoms with Crippen LogP contribution in [0.1, 0.15) is 142 Å². The minimum absolute atomic E-state index is 0.0842. The molecule has 0 aromatic carbocycles. The van der Waals surface area contributed by atoms with Crippen molar-refractivity contribution in [1.82, 2.24) is 15.5 Å². The van der Waals surface area contributed by atoms with E-state index in [0.717, 1.165) is 50.3 Å². The number of nitrogens with one attached hydrogen (secondary N) is 2. The number of nitrogens with zero attached hydrogens (tertiary/aromatic N) is 1. The molecule has 0 aromatic rings. The normalized spacial score (nSPS) is 23.4. The number of amides is 3. The van der Waals surface area contributed by atoms with Gasteiger partial charge >= 0.3 is 6.09 Å². The molecule has 2 saturated heterocycles. The van der Waals surface area contributed by atoms with Gasteiger partial charge in [-0.1, -0.05) is 123 Å². The molecule has 2 aliphatic heterocycles. The Morgan fingerprint density at radius 1 is 0.778 bits per heavy atom. The number of hydrogen-bond acceptors (Lipinski definition) is 8. The molecule has 0 radical (unpaired) electrons. The Balaban J connectivity index is 1.82. The number of aliphatic hydroxyl groups is 3. The van der Waals surface area contributed by atoms with E-state index in [1.807, 2.05) is 0 Å². The molecule has 45 heavy (non-hydrogen) atoms. The summed E-state index contributed by atoms with van der Waals surface area (Å²) < 4.78 is 5.08. The summed E-state index contributed by atoms with van der Waals surface area (Å²) in [7, 11) is 0. The number of carbonyl (C=O) groups excluding carboxylic acids is 3. The molecule has 0 aliphatic carbocycles. The number of piperidine rings is 1. The number of rotatable bonds is 26. The second-order valence-electron chi connectivity index (χ2n) is 12.9. The second-order valence-corrected chi connectivity index (χ2v) is 14.1. The Kier molecular flexibility index (Phi) is 20.9. The quantitative estimate of drug-likeness (QED) is 0.0777. The highest BCUT2D eigenvalue weighted by Gasteiger charge is 2.54. The van der Waals surface area contributed by atoms with Crippen molar-refractivity contribution in [2.45, 2.75) is 178 Å². The topological polar surface area (TPSA) is 148 Å². The van der Waals surface area contributed by atoms with Crippen LogP contribution in [0.5, 0.6) is 0 Å². The van der Waals surface area contributed by atoms with Crippen LogP contribution in [0.4, 0.5) is 4.79 Å². The van der Waals surface area contributed by atoms with Crippen molar-refractivity contribution in [3.05, 3.63) is 0 Å². The third kappa shape index (κ3) is 14.8. The SMILES string of the molecule is CCCCCCCCCCCCNC(=O)[C@H](CS[C@@H]1C(O)C(O)[C@@H](O)C2COC(=O)N21)NC(=O)CCCCCCCCCCC. The Labute approximate surface area is 276 Å². The van der Waals surface area contributed by atoms with Crippen molar-refractivity contribution in [3.8, 4) is 0 Å². The first-order chi connectivity index (χ1) is 21.8. The first-order valence-corrected chi connectivity index (χ1v) is 19.0. The van der Waals surface area contributed by atoms with Crippen LogP contribution in [0.3, 0.4) is 0 Å². The zero-order valence-electron chi connectivity index (χ0n) is 28.1. The predicted octanol–water partition coefficient (Wildman–Crippen LogP) is 5.41. The largest absolute Gasteiger partial charge is 0.447 e. The maximum Gasteiger partial charge on any atom is 0.411 e. The van der Waals surface area contributed by atoms with E-state index in [1.165, 1.54) is 88.4 Å². The summed E-state index contributed by atoms with van der Waals surface area (Å²) in [6.07, 6.45) is 17.7. The average molecular weight is 658 g/mol. The molecule has 0 bridgehead atoms. The van der Waals surface area contributed by atoms with E-state index in [2.05, 4.69) is 24.5 Å². The van der Waals surface area contributed by atoms with Crippen LogP contribution in [0.25, 0.3) is 0 Å². The summed E-state index contributed by atoms with van der Waals surface area (Å²) in [5.41, 5.74) is 0. The molecule has 0 saturated carbocycles. The van der Waals surface area contributed by atoms with Gasteiger partial charge in [0.2, 0.25) is 11.8 Å². The van der Waals surface area contributed by atoms with E-state index < -0.39 is 41.9 Å². The lowest BCUT2D eigenvalue weighted by atomic mass is 9.95. The van der Waals surface area contributed by atoms with Gasteiger partial charge in [0.05, 0.1) is 6.04 Å². The van der Waals surface area contributed by atoms with Crippen molar-refractivity contribution in [2.24, 2.45) is 0 Å². The molecule has 2 aliphatic rings. The Morgan fingerprint density at radius 3 is 1.84 bits per heavy atom. The first-order valence-electron chi connectivity index (χ1n) is 18.0. The average Bonchev–Trinajstić information content (AvgIpc) is 3.42. The van der Waals surface area contributed by atoms with Crippen molar-refractivity contribution in [3.63, 3.8) is 0 Å². The summed E-state index contributed by atoms with van der Waals surface area (Å²) in [6, 6.07) is -1.64. The van der Waals surface area contributed by atoms with Crippen LogP contribution in [0.15, 0.2) is 0 Å². The number of hydrogen-bond donors (Lipinski definition) is 5. The predicted molar refractivity (Wildman–Crippen MR) is 180 cm³/mol. The van der Waals surface area contributed by atoms with Crippen molar-refractivity contribution < 1.29 is 34.4 Å². The molecule has 11 heteroatoms. The first kappa shape index (κ1) is 39.6. The van der Waals surface area contributed by atoms with Crippen LogP contribution in [-0.2, 0) is 14.3 Å². The monoisotopic (exact) mass is 657 g/mol. The van der Waals surface area contributed by atoms with Gasteiger partial charge in [-0.3, -0.25) is 14.5 Å². The number of ether oxygens (including phenoxy) is 1. The van der Waals surface area contributed by atoms with Gasteiger partial charge in [0.1, 0.15) is 36.3 Å². The van der Waals surface area contributed by atoms with E-state index in [4.69, 9.17) is 4.74 Å². The summed E-state index contributed by atoms with van der Waals surface area (Å²) in [5.74, 6) is -0.407. The summed E-state index contributed by atoms with van der Waals surface area (Å²) in [5, 5.41) is 36.4. The Morgan fingerprint density at radius 2 is 1.29 bits per heavy atom. The van der Waals surface area contributed by atoms with Gasteiger partial charge in [0.25, 0.3) is 0 Å². The summed E-state index contributed by atoms with van der Waals surface area (Å²) in [6.45, 7) is 4.87. The van der Waals surface area contributed by atoms with Crippen LogP contribution < -0.4 is 10.6 Å². The second kappa shape index (κ2) is 23.7. The van der Waals surface area contributed by atoms with Crippen LogP contribution >= 0.6 is 11.8 Å². The maximum absolute atomic E-state index is 13.2. The van der Waals surface area contributed by atoms with E-state index in [1.54, 1.807) is 0 Å². The molecule has 0 aromatic heterocycles. The molecular weight excluding hydrogens is 594 g/mol.